The summed E-state index contributed by atoms with van der Waals surface area (Å²) >= 11 is 5.91. The molecule has 1 N–H and O–H groups in total. The van der Waals surface area contributed by atoms with Crippen molar-refractivity contribution in [2.75, 3.05) is 0 Å². The Kier molecular flexibility index (Phi) is 4.18. The molecule has 3 aromatic carbocycles. The molecule has 0 aliphatic rings. The fourth-order valence-corrected chi connectivity index (χ4v) is 2.67. The van der Waals surface area contributed by atoms with Gasteiger partial charge in [-0.1, -0.05) is 53.7 Å². The van der Waals surface area contributed by atoms with Crippen LogP contribution in [0.4, 0.5) is 11.4 Å². The van der Waals surface area contributed by atoms with E-state index in [4.69, 9.17) is 16.7 Å². The number of hydrogen-bond acceptors (Lipinski definition) is 4. The quantitative estimate of drug-likeness (QED) is 0.682. The summed E-state index contributed by atoms with van der Waals surface area (Å²) < 4.78 is 0. The molecule has 6 heteroatoms. The van der Waals surface area contributed by atoms with Gasteiger partial charge in [-0.05, 0) is 30.0 Å². The van der Waals surface area contributed by atoms with Gasteiger partial charge in [0, 0.05) is 5.39 Å². The van der Waals surface area contributed by atoms with Crippen LogP contribution in [0.5, 0.6) is 5.75 Å². The van der Waals surface area contributed by atoms with Gasteiger partial charge in [0.2, 0.25) is 0 Å². The Morgan fingerprint density at radius 2 is 1.88 bits per heavy atom. The van der Waals surface area contributed by atoms with Crippen LogP contribution in [-0.2, 0) is 0 Å². The molecular formula is C18H12ClN2O3-. The van der Waals surface area contributed by atoms with Gasteiger partial charge in [0.05, 0.1) is 22.0 Å². The third kappa shape index (κ3) is 2.94. The molecule has 0 atom stereocenters. The molecule has 0 aliphatic heterocycles. The van der Waals surface area contributed by atoms with Crippen LogP contribution in [0.2, 0.25) is 5.02 Å². The zero-order chi connectivity index (χ0) is 17.3. The van der Waals surface area contributed by atoms with Crippen molar-refractivity contribution in [3.8, 4) is 5.75 Å². The van der Waals surface area contributed by atoms with E-state index in [1.54, 1.807) is 19.1 Å². The zero-order valence-electron chi connectivity index (χ0n) is 12.7. The molecular weight excluding hydrogens is 328 g/mol. The van der Waals surface area contributed by atoms with Gasteiger partial charge < -0.3 is 10.2 Å². The second-order valence-corrected chi connectivity index (χ2v) is 5.66. The number of hydrogen-bond donors (Lipinski definition) is 1. The van der Waals surface area contributed by atoms with Crippen LogP contribution in [0.25, 0.3) is 10.8 Å². The molecule has 0 spiro atoms. The monoisotopic (exact) mass is 339 g/mol. The number of benzene rings is 3. The third-order valence-corrected chi connectivity index (χ3v) is 3.95. The van der Waals surface area contributed by atoms with E-state index in [9.17, 15) is 9.90 Å². The molecule has 24 heavy (non-hydrogen) atoms. The number of nitrogens with zero attached hydrogens (tertiary/aromatic N) is 2. The first-order chi connectivity index (χ1) is 11.5. The summed E-state index contributed by atoms with van der Waals surface area (Å²) in [7, 11) is 0. The van der Waals surface area contributed by atoms with Crippen LogP contribution < -0.4 is 5.11 Å². The molecule has 0 heterocycles. The van der Waals surface area contributed by atoms with Crippen LogP contribution in [0.15, 0.2) is 58.8 Å². The SMILES string of the molecule is Cc1cc(Cl)c(C(=O)O)cc1N=Nc1c([O-])ccc2ccccc12. The largest absolute Gasteiger partial charge is 0.871 e. The van der Waals surface area contributed by atoms with Crippen LogP contribution >= 0.6 is 11.6 Å². The smallest absolute Gasteiger partial charge is 0.337 e. The number of carboxylic acids is 1. The summed E-state index contributed by atoms with van der Waals surface area (Å²) in [5.41, 5.74) is 1.18. The van der Waals surface area contributed by atoms with Crippen molar-refractivity contribution in [2.24, 2.45) is 10.2 Å². The standard InChI is InChI=1S/C18H13ClN2O3/c1-10-8-14(19)13(18(23)24)9-15(10)20-21-17-12-5-3-2-4-11(12)6-7-16(17)22/h2-9,22H,1H3,(H,23,24)/p-1. The van der Waals surface area contributed by atoms with Crippen molar-refractivity contribution >= 4 is 39.7 Å². The molecule has 0 amide bonds. The van der Waals surface area contributed by atoms with E-state index < -0.39 is 5.97 Å². The number of fused-ring (bicyclic) bond motifs is 1. The average Bonchev–Trinajstić information content (AvgIpc) is 2.55. The van der Waals surface area contributed by atoms with Crippen LogP contribution in [0, 0.1) is 6.92 Å². The highest BCUT2D eigenvalue weighted by atomic mass is 35.5. The molecule has 3 rings (SSSR count). The molecule has 0 saturated carbocycles. The minimum atomic E-state index is -1.15. The highest BCUT2D eigenvalue weighted by Crippen LogP contribution is 2.35. The van der Waals surface area contributed by atoms with E-state index >= 15 is 0 Å². The molecule has 0 aromatic heterocycles. The van der Waals surface area contributed by atoms with Gasteiger partial charge in [-0.15, -0.1) is 0 Å². The van der Waals surface area contributed by atoms with E-state index in [0.717, 1.165) is 5.39 Å². The lowest BCUT2D eigenvalue weighted by atomic mass is 10.1. The van der Waals surface area contributed by atoms with Crippen molar-refractivity contribution in [3.63, 3.8) is 0 Å². The zero-order valence-corrected chi connectivity index (χ0v) is 13.4. The van der Waals surface area contributed by atoms with E-state index in [2.05, 4.69) is 10.2 Å². The number of carbonyl (C=O) groups is 1. The molecule has 120 valence electrons. The van der Waals surface area contributed by atoms with Crippen molar-refractivity contribution < 1.29 is 15.0 Å². The Labute approximate surface area is 142 Å². The topological polar surface area (TPSA) is 85.1 Å². The van der Waals surface area contributed by atoms with Gasteiger partial charge in [0.15, 0.2) is 0 Å². The minimum absolute atomic E-state index is 0.0588. The number of aromatic carboxylic acids is 1. The second kappa shape index (κ2) is 6.29. The summed E-state index contributed by atoms with van der Waals surface area (Å²) in [4.78, 5) is 11.2. The molecule has 0 unspecified atom stereocenters. The van der Waals surface area contributed by atoms with E-state index in [1.807, 2.05) is 18.2 Å². The Balaban J connectivity index is 2.11. The number of rotatable bonds is 3. The van der Waals surface area contributed by atoms with Gasteiger partial charge in [-0.25, -0.2) is 4.79 Å². The molecule has 3 aromatic rings. The predicted molar refractivity (Wildman–Crippen MR) is 90.7 cm³/mol. The first-order valence-corrected chi connectivity index (χ1v) is 7.49. The van der Waals surface area contributed by atoms with E-state index in [1.165, 1.54) is 18.2 Å². The van der Waals surface area contributed by atoms with Crippen LogP contribution in [0.1, 0.15) is 15.9 Å². The number of carboxylic acid groups (broad SMARTS) is 1. The fraction of sp³-hybridized carbons (Fsp3) is 0.0556. The molecule has 5 nitrogen and oxygen atoms in total. The van der Waals surface area contributed by atoms with Gasteiger partial charge >= 0.3 is 5.97 Å². The molecule has 0 radical (unpaired) electrons. The average molecular weight is 340 g/mol. The van der Waals surface area contributed by atoms with Gasteiger partial charge in [0.25, 0.3) is 0 Å². The highest BCUT2D eigenvalue weighted by molar-refractivity contribution is 6.33. The molecule has 0 saturated heterocycles. The highest BCUT2D eigenvalue weighted by Gasteiger charge is 2.12. The molecule has 0 bridgehead atoms. The maximum Gasteiger partial charge on any atom is 0.337 e. The Bertz CT molecular complexity index is 983. The second-order valence-electron chi connectivity index (χ2n) is 5.26. The van der Waals surface area contributed by atoms with Gasteiger partial charge in [-0.2, -0.15) is 10.2 Å². The molecule has 0 aliphatic carbocycles. The maximum absolute atomic E-state index is 12.1. The van der Waals surface area contributed by atoms with Crippen LogP contribution in [0.3, 0.4) is 0 Å². The lowest BCUT2D eigenvalue weighted by Gasteiger charge is -2.11. The molecule has 0 fully saturated rings. The van der Waals surface area contributed by atoms with Crippen molar-refractivity contribution in [2.45, 2.75) is 6.92 Å². The number of halogens is 1. The predicted octanol–water partition coefficient (Wildman–Crippen LogP) is 4.99. The Hall–Kier alpha value is -2.92. The summed E-state index contributed by atoms with van der Waals surface area (Å²) in [6.45, 7) is 1.74. The van der Waals surface area contributed by atoms with Gasteiger partial charge in [0.1, 0.15) is 0 Å². The summed E-state index contributed by atoms with van der Waals surface area (Å²) in [5, 5.41) is 31.1. The Morgan fingerprint density at radius 3 is 2.62 bits per heavy atom. The first kappa shape index (κ1) is 16.0. The van der Waals surface area contributed by atoms with Gasteiger partial charge in [-0.3, -0.25) is 0 Å². The summed E-state index contributed by atoms with van der Waals surface area (Å²) in [6.07, 6.45) is 0. The normalized spacial score (nSPS) is 11.2. The first-order valence-electron chi connectivity index (χ1n) is 7.11. The van der Waals surface area contributed by atoms with Crippen molar-refractivity contribution in [3.05, 3.63) is 64.7 Å². The number of aryl methyl sites for hydroxylation is 1. The lowest BCUT2D eigenvalue weighted by Crippen LogP contribution is -1.97. The van der Waals surface area contributed by atoms with Crippen molar-refractivity contribution in [1.82, 2.24) is 0 Å². The van der Waals surface area contributed by atoms with Crippen LogP contribution in [-0.4, -0.2) is 11.1 Å². The summed E-state index contributed by atoms with van der Waals surface area (Å²) in [5.74, 6) is -1.39. The fourth-order valence-electron chi connectivity index (χ4n) is 2.38. The van der Waals surface area contributed by atoms with E-state index in [-0.39, 0.29) is 22.0 Å². The summed E-state index contributed by atoms with van der Waals surface area (Å²) in [6, 6.07) is 13.4. The van der Waals surface area contributed by atoms with E-state index in [0.29, 0.717) is 16.6 Å². The number of azo groups is 1. The Morgan fingerprint density at radius 1 is 1.12 bits per heavy atom. The minimum Gasteiger partial charge on any atom is -0.871 e. The van der Waals surface area contributed by atoms with Crippen molar-refractivity contribution in [1.29, 1.82) is 0 Å². The third-order valence-electron chi connectivity index (χ3n) is 3.64. The maximum atomic E-state index is 12.1. The lowest BCUT2D eigenvalue weighted by molar-refractivity contribution is -0.267.